The van der Waals surface area contributed by atoms with Crippen LogP contribution in [0.2, 0.25) is 0 Å². The van der Waals surface area contributed by atoms with Crippen LogP contribution in [0.1, 0.15) is 24.0 Å². The van der Waals surface area contributed by atoms with Gasteiger partial charge in [-0.25, -0.2) is 0 Å². The summed E-state index contributed by atoms with van der Waals surface area (Å²) >= 11 is 0. The van der Waals surface area contributed by atoms with Gasteiger partial charge < -0.3 is 14.7 Å². The molecule has 1 rings (SSSR count). The van der Waals surface area contributed by atoms with Crippen molar-refractivity contribution >= 4 is 5.69 Å². The summed E-state index contributed by atoms with van der Waals surface area (Å²) in [5.41, 5.74) is -0.681. The van der Waals surface area contributed by atoms with E-state index >= 15 is 0 Å². The molecule has 25 heavy (non-hydrogen) atoms. The Morgan fingerprint density at radius 3 is 1.84 bits per heavy atom. The van der Waals surface area contributed by atoms with Crippen LogP contribution in [-0.2, 0) is 6.18 Å². The van der Waals surface area contributed by atoms with E-state index in [9.17, 15) is 13.2 Å². The second-order valence-electron chi connectivity index (χ2n) is 6.64. The predicted molar refractivity (Wildman–Crippen MR) is 94.7 cm³/mol. The van der Waals surface area contributed by atoms with E-state index in [1.165, 1.54) is 6.07 Å². The van der Waals surface area contributed by atoms with Crippen LogP contribution in [0, 0.1) is 11.3 Å². The SMILES string of the molecule is CN(C)CCCN(CCCN(C)C)c1ccc(C#N)c(C(F)(F)F)c1. The van der Waals surface area contributed by atoms with Crippen LogP contribution in [0.4, 0.5) is 18.9 Å². The number of nitriles is 1. The summed E-state index contributed by atoms with van der Waals surface area (Å²) in [5, 5.41) is 8.94. The van der Waals surface area contributed by atoms with Gasteiger partial charge in [-0.3, -0.25) is 0 Å². The normalized spacial score (nSPS) is 11.8. The fourth-order valence-electron chi connectivity index (χ4n) is 2.59. The van der Waals surface area contributed by atoms with E-state index in [1.54, 1.807) is 12.1 Å². The van der Waals surface area contributed by atoms with E-state index in [1.807, 2.05) is 33.1 Å². The number of halogens is 3. The fourth-order valence-corrected chi connectivity index (χ4v) is 2.59. The molecule has 0 heterocycles. The first-order valence-corrected chi connectivity index (χ1v) is 8.31. The molecule has 140 valence electrons. The summed E-state index contributed by atoms with van der Waals surface area (Å²) in [4.78, 5) is 6.08. The van der Waals surface area contributed by atoms with Crippen LogP contribution in [0.15, 0.2) is 18.2 Å². The molecule has 0 aliphatic rings. The van der Waals surface area contributed by atoms with Crippen molar-refractivity contribution in [3.8, 4) is 6.07 Å². The highest BCUT2D eigenvalue weighted by Gasteiger charge is 2.34. The molecule has 0 radical (unpaired) electrons. The summed E-state index contributed by atoms with van der Waals surface area (Å²) in [7, 11) is 7.89. The molecule has 0 aromatic heterocycles. The molecule has 0 aliphatic carbocycles. The van der Waals surface area contributed by atoms with Gasteiger partial charge in [0, 0.05) is 18.8 Å². The number of alkyl halides is 3. The average molecular weight is 356 g/mol. The number of benzene rings is 1. The maximum absolute atomic E-state index is 13.2. The van der Waals surface area contributed by atoms with Crippen molar-refractivity contribution in [2.75, 3.05) is 59.3 Å². The zero-order valence-corrected chi connectivity index (χ0v) is 15.4. The Kier molecular flexibility index (Phi) is 8.20. The lowest BCUT2D eigenvalue weighted by molar-refractivity contribution is -0.137. The number of hydrogen-bond donors (Lipinski definition) is 0. The Balaban J connectivity index is 3.00. The Bertz CT molecular complexity index is 563. The summed E-state index contributed by atoms with van der Waals surface area (Å²) < 4.78 is 39.6. The van der Waals surface area contributed by atoms with Crippen molar-refractivity contribution in [2.24, 2.45) is 0 Å². The van der Waals surface area contributed by atoms with E-state index < -0.39 is 11.7 Å². The van der Waals surface area contributed by atoms with Crippen LogP contribution in [0.25, 0.3) is 0 Å². The van der Waals surface area contributed by atoms with Crippen molar-refractivity contribution in [1.29, 1.82) is 5.26 Å². The third kappa shape index (κ3) is 7.32. The zero-order chi connectivity index (χ0) is 19.0. The predicted octanol–water partition coefficient (Wildman–Crippen LogP) is 3.29. The summed E-state index contributed by atoms with van der Waals surface area (Å²) in [6.07, 6.45) is -2.81. The highest BCUT2D eigenvalue weighted by Crippen LogP contribution is 2.34. The lowest BCUT2D eigenvalue weighted by atomic mass is 10.1. The van der Waals surface area contributed by atoms with Gasteiger partial charge in [0.15, 0.2) is 0 Å². The van der Waals surface area contributed by atoms with Gasteiger partial charge in [-0.15, -0.1) is 0 Å². The van der Waals surface area contributed by atoms with Gasteiger partial charge >= 0.3 is 6.18 Å². The molecular formula is C18H27F3N4. The first kappa shape index (κ1) is 21.3. The number of hydrogen-bond acceptors (Lipinski definition) is 4. The van der Waals surface area contributed by atoms with Crippen LogP contribution >= 0.6 is 0 Å². The number of rotatable bonds is 9. The van der Waals surface area contributed by atoms with Gasteiger partial charge in [0.1, 0.15) is 0 Å². The molecule has 0 unspecified atom stereocenters. The minimum Gasteiger partial charge on any atom is -0.371 e. The number of anilines is 1. The fraction of sp³-hybridized carbons (Fsp3) is 0.611. The second kappa shape index (κ2) is 9.64. The standard InChI is InChI=1S/C18H27F3N4/c1-23(2)9-5-11-25(12-6-10-24(3)4)16-8-7-15(14-22)17(13-16)18(19,20)21/h7-8,13H,5-6,9-12H2,1-4H3. The molecule has 0 atom stereocenters. The van der Waals surface area contributed by atoms with Gasteiger partial charge in [0.2, 0.25) is 0 Å². The minimum atomic E-state index is -4.53. The quantitative estimate of drug-likeness (QED) is 0.680. The first-order chi connectivity index (χ1) is 11.6. The third-order valence-electron chi connectivity index (χ3n) is 3.86. The van der Waals surface area contributed by atoms with Crippen molar-refractivity contribution in [2.45, 2.75) is 19.0 Å². The summed E-state index contributed by atoms with van der Waals surface area (Å²) in [6, 6.07) is 5.61. The zero-order valence-electron chi connectivity index (χ0n) is 15.4. The molecule has 1 aromatic carbocycles. The monoisotopic (exact) mass is 356 g/mol. The molecule has 0 aliphatic heterocycles. The van der Waals surface area contributed by atoms with Gasteiger partial charge in [-0.05, 0) is 72.3 Å². The molecular weight excluding hydrogens is 329 g/mol. The van der Waals surface area contributed by atoms with Crippen LogP contribution in [-0.4, -0.2) is 64.2 Å². The molecule has 0 N–H and O–H groups in total. The lowest BCUT2D eigenvalue weighted by Crippen LogP contribution is -2.30. The van der Waals surface area contributed by atoms with Gasteiger partial charge in [0.25, 0.3) is 0 Å². The van der Waals surface area contributed by atoms with E-state index in [0.29, 0.717) is 18.8 Å². The Morgan fingerprint density at radius 1 is 0.920 bits per heavy atom. The molecule has 0 saturated carbocycles. The molecule has 7 heteroatoms. The van der Waals surface area contributed by atoms with Crippen LogP contribution in [0.3, 0.4) is 0 Å². The van der Waals surface area contributed by atoms with Gasteiger partial charge in [-0.2, -0.15) is 18.4 Å². The third-order valence-corrected chi connectivity index (χ3v) is 3.86. The molecule has 0 amide bonds. The molecule has 4 nitrogen and oxygen atoms in total. The lowest BCUT2D eigenvalue weighted by Gasteiger charge is -2.27. The highest BCUT2D eigenvalue weighted by atomic mass is 19.4. The van der Waals surface area contributed by atoms with Gasteiger partial charge in [0.05, 0.1) is 17.2 Å². The minimum absolute atomic E-state index is 0.335. The van der Waals surface area contributed by atoms with E-state index in [4.69, 9.17) is 5.26 Å². The smallest absolute Gasteiger partial charge is 0.371 e. The van der Waals surface area contributed by atoms with E-state index in [2.05, 4.69) is 9.80 Å². The Morgan fingerprint density at radius 2 is 1.44 bits per heavy atom. The Hall–Kier alpha value is -1.78. The molecule has 0 spiro atoms. The maximum Gasteiger partial charge on any atom is 0.417 e. The second-order valence-corrected chi connectivity index (χ2v) is 6.64. The molecule has 0 bridgehead atoms. The summed E-state index contributed by atoms with van der Waals surface area (Å²) in [5.74, 6) is 0. The molecule has 0 saturated heterocycles. The first-order valence-electron chi connectivity index (χ1n) is 8.31. The average Bonchev–Trinajstić information content (AvgIpc) is 2.51. The van der Waals surface area contributed by atoms with Gasteiger partial charge in [-0.1, -0.05) is 0 Å². The Labute approximate surface area is 148 Å². The number of nitrogens with zero attached hydrogens (tertiary/aromatic N) is 4. The van der Waals surface area contributed by atoms with Crippen molar-refractivity contribution < 1.29 is 13.2 Å². The van der Waals surface area contributed by atoms with Crippen molar-refractivity contribution in [3.05, 3.63) is 29.3 Å². The van der Waals surface area contributed by atoms with E-state index in [-0.39, 0.29) is 5.56 Å². The van der Waals surface area contributed by atoms with Crippen molar-refractivity contribution in [3.63, 3.8) is 0 Å². The molecule has 1 aromatic rings. The maximum atomic E-state index is 13.2. The largest absolute Gasteiger partial charge is 0.417 e. The molecule has 0 fully saturated rings. The highest BCUT2D eigenvalue weighted by molar-refractivity contribution is 5.54. The van der Waals surface area contributed by atoms with Crippen LogP contribution in [0.5, 0.6) is 0 Å². The van der Waals surface area contributed by atoms with E-state index in [0.717, 1.165) is 32.0 Å². The summed E-state index contributed by atoms with van der Waals surface area (Å²) in [6.45, 7) is 3.09. The van der Waals surface area contributed by atoms with Crippen molar-refractivity contribution in [1.82, 2.24) is 9.80 Å². The van der Waals surface area contributed by atoms with Crippen LogP contribution < -0.4 is 4.90 Å². The topological polar surface area (TPSA) is 33.5 Å².